The predicted octanol–water partition coefficient (Wildman–Crippen LogP) is 2.93. The molecule has 4 heteroatoms. The minimum absolute atomic E-state index is 0.0175. The van der Waals surface area contributed by atoms with Crippen LogP contribution in [0.2, 0.25) is 0 Å². The van der Waals surface area contributed by atoms with Gasteiger partial charge in [-0.1, -0.05) is 12.1 Å². The third kappa shape index (κ3) is 3.13. The number of hydrogen-bond acceptors (Lipinski definition) is 3. The monoisotopic (exact) mass is 256 g/mol. The molecule has 0 spiro atoms. The molecule has 17 heavy (non-hydrogen) atoms. The van der Waals surface area contributed by atoms with Crippen LogP contribution < -0.4 is 4.74 Å². The summed E-state index contributed by atoms with van der Waals surface area (Å²) in [6, 6.07) is 6.49. The van der Waals surface area contributed by atoms with Gasteiger partial charge in [-0.05, 0) is 30.7 Å². The van der Waals surface area contributed by atoms with Crippen molar-refractivity contribution in [3.8, 4) is 5.75 Å². The second kappa shape index (κ2) is 5.74. The van der Waals surface area contributed by atoms with Crippen molar-refractivity contribution in [2.24, 2.45) is 5.41 Å². The van der Waals surface area contributed by atoms with Gasteiger partial charge in [-0.3, -0.25) is 0 Å². The fourth-order valence-corrected chi connectivity index (χ4v) is 2.35. The highest BCUT2D eigenvalue weighted by Gasteiger charge is 2.32. The maximum absolute atomic E-state index is 13.4. The summed E-state index contributed by atoms with van der Waals surface area (Å²) in [4.78, 5) is 0. The molecule has 0 atom stereocenters. The van der Waals surface area contributed by atoms with Gasteiger partial charge in [0.05, 0.1) is 6.61 Å². The van der Waals surface area contributed by atoms with Gasteiger partial charge in [0.2, 0.25) is 0 Å². The Labute approximate surface area is 107 Å². The lowest BCUT2D eigenvalue weighted by atomic mass is 9.83. The van der Waals surface area contributed by atoms with E-state index in [1.165, 1.54) is 6.07 Å². The van der Waals surface area contributed by atoms with Crippen LogP contribution in [-0.2, 0) is 4.74 Å². The maximum Gasteiger partial charge on any atom is 0.165 e. The number of thiol groups is 1. The molecular formula is C13H17FO2S. The number of halogens is 1. The number of para-hydroxylation sites is 1. The first-order valence-corrected chi connectivity index (χ1v) is 6.45. The SMILES string of the molecule is Fc1ccccc1OCC1(CS)CCOCC1. The minimum atomic E-state index is -0.311. The van der Waals surface area contributed by atoms with Crippen LogP contribution in [0.3, 0.4) is 0 Å². The zero-order valence-electron chi connectivity index (χ0n) is 9.69. The molecule has 1 aromatic rings. The molecule has 0 amide bonds. The number of benzene rings is 1. The smallest absolute Gasteiger partial charge is 0.165 e. The van der Waals surface area contributed by atoms with E-state index in [0.717, 1.165) is 31.8 Å². The summed E-state index contributed by atoms with van der Waals surface area (Å²) in [5.74, 6) is 0.749. The molecule has 1 heterocycles. The van der Waals surface area contributed by atoms with Crippen molar-refractivity contribution in [1.29, 1.82) is 0 Å². The fourth-order valence-electron chi connectivity index (χ4n) is 1.95. The molecule has 0 N–H and O–H groups in total. The van der Waals surface area contributed by atoms with E-state index in [4.69, 9.17) is 9.47 Å². The van der Waals surface area contributed by atoms with Gasteiger partial charge in [0.15, 0.2) is 11.6 Å². The third-order valence-electron chi connectivity index (χ3n) is 3.26. The Morgan fingerprint density at radius 1 is 1.29 bits per heavy atom. The molecule has 1 aromatic carbocycles. The molecule has 1 fully saturated rings. The van der Waals surface area contributed by atoms with Crippen molar-refractivity contribution in [3.63, 3.8) is 0 Å². The summed E-state index contributed by atoms with van der Waals surface area (Å²) in [5, 5.41) is 0. The van der Waals surface area contributed by atoms with Crippen molar-refractivity contribution >= 4 is 12.6 Å². The van der Waals surface area contributed by atoms with Crippen LogP contribution in [0.25, 0.3) is 0 Å². The molecule has 0 aromatic heterocycles. The van der Waals surface area contributed by atoms with E-state index in [1.807, 2.05) is 0 Å². The number of rotatable bonds is 4. The molecule has 2 rings (SSSR count). The highest BCUT2D eigenvalue weighted by atomic mass is 32.1. The minimum Gasteiger partial charge on any atom is -0.490 e. The molecule has 1 saturated heterocycles. The van der Waals surface area contributed by atoms with Gasteiger partial charge >= 0.3 is 0 Å². The van der Waals surface area contributed by atoms with Crippen LogP contribution in [-0.4, -0.2) is 25.6 Å². The lowest BCUT2D eigenvalue weighted by Crippen LogP contribution is -2.37. The van der Waals surface area contributed by atoms with E-state index in [-0.39, 0.29) is 11.2 Å². The van der Waals surface area contributed by atoms with E-state index in [2.05, 4.69) is 12.6 Å². The predicted molar refractivity (Wildman–Crippen MR) is 68.2 cm³/mol. The van der Waals surface area contributed by atoms with Crippen LogP contribution in [0.1, 0.15) is 12.8 Å². The third-order valence-corrected chi connectivity index (χ3v) is 3.93. The van der Waals surface area contributed by atoms with Crippen LogP contribution in [0.15, 0.2) is 24.3 Å². The molecule has 0 aliphatic carbocycles. The summed E-state index contributed by atoms with van der Waals surface area (Å²) < 4.78 is 24.3. The van der Waals surface area contributed by atoms with Gasteiger partial charge in [0.25, 0.3) is 0 Å². The van der Waals surface area contributed by atoms with Crippen molar-refractivity contribution in [2.75, 3.05) is 25.6 Å². The Morgan fingerprint density at radius 2 is 2.00 bits per heavy atom. The normalized spacial score (nSPS) is 18.9. The van der Waals surface area contributed by atoms with Gasteiger partial charge in [-0.25, -0.2) is 4.39 Å². The van der Waals surface area contributed by atoms with Gasteiger partial charge in [-0.15, -0.1) is 0 Å². The number of ether oxygens (including phenoxy) is 2. The summed E-state index contributed by atoms with van der Waals surface area (Å²) in [6.45, 7) is 1.98. The van der Waals surface area contributed by atoms with Gasteiger partial charge in [-0.2, -0.15) is 12.6 Å². The second-order valence-electron chi connectivity index (χ2n) is 4.49. The summed E-state index contributed by atoms with van der Waals surface area (Å²) in [7, 11) is 0. The highest BCUT2D eigenvalue weighted by molar-refractivity contribution is 7.80. The first kappa shape index (κ1) is 12.7. The van der Waals surface area contributed by atoms with Crippen LogP contribution in [0.4, 0.5) is 4.39 Å². The highest BCUT2D eigenvalue weighted by Crippen LogP contribution is 2.32. The molecule has 0 bridgehead atoms. The standard InChI is InChI=1S/C13H17FO2S/c14-11-3-1-2-4-12(11)16-9-13(10-17)5-7-15-8-6-13/h1-4,17H,5-10H2. The molecule has 0 saturated carbocycles. The van der Waals surface area contributed by atoms with Crippen molar-refractivity contribution in [2.45, 2.75) is 12.8 Å². The fraction of sp³-hybridized carbons (Fsp3) is 0.538. The lowest BCUT2D eigenvalue weighted by molar-refractivity contribution is 0.00246. The molecule has 94 valence electrons. The second-order valence-corrected chi connectivity index (χ2v) is 4.81. The number of hydrogen-bond donors (Lipinski definition) is 1. The zero-order chi connectivity index (χ0) is 12.1. The van der Waals surface area contributed by atoms with E-state index < -0.39 is 0 Å². The lowest BCUT2D eigenvalue weighted by Gasteiger charge is -2.35. The summed E-state index contributed by atoms with van der Waals surface area (Å²) in [5.41, 5.74) is 0.0175. The van der Waals surface area contributed by atoms with E-state index in [0.29, 0.717) is 12.4 Å². The Balaban J connectivity index is 1.98. The maximum atomic E-state index is 13.4. The Morgan fingerprint density at radius 3 is 2.65 bits per heavy atom. The molecule has 2 nitrogen and oxygen atoms in total. The van der Waals surface area contributed by atoms with Gasteiger partial charge in [0, 0.05) is 18.6 Å². The Hall–Kier alpha value is -0.740. The van der Waals surface area contributed by atoms with Crippen LogP contribution in [0.5, 0.6) is 5.75 Å². The van der Waals surface area contributed by atoms with Gasteiger partial charge < -0.3 is 9.47 Å². The molecular weight excluding hydrogens is 239 g/mol. The summed E-state index contributed by atoms with van der Waals surface area (Å²) in [6.07, 6.45) is 1.84. The van der Waals surface area contributed by atoms with Crippen molar-refractivity contribution < 1.29 is 13.9 Å². The first-order valence-electron chi connectivity index (χ1n) is 5.82. The zero-order valence-corrected chi connectivity index (χ0v) is 10.6. The van der Waals surface area contributed by atoms with E-state index in [1.54, 1.807) is 18.2 Å². The average Bonchev–Trinajstić information content (AvgIpc) is 2.39. The molecule has 1 aliphatic rings. The molecule has 0 radical (unpaired) electrons. The van der Waals surface area contributed by atoms with Crippen LogP contribution >= 0.6 is 12.6 Å². The first-order chi connectivity index (χ1) is 8.26. The largest absolute Gasteiger partial charge is 0.490 e. The van der Waals surface area contributed by atoms with Crippen molar-refractivity contribution in [3.05, 3.63) is 30.1 Å². The average molecular weight is 256 g/mol. The summed E-state index contributed by atoms with van der Waals surface area (Å²) >= 11 is 4.39. The van der Waals surface area contributed by atoms with E-state index >= 15 is 0 Å². The Kier molecular flexibility index (Phi) is 4.29. The van der Waals surface area contributed by atoms with Gasteiger partial charge in [0.1, 0.15) is 0 Å². The molecule has 0 unspecified atom stereocenters. The van der Waals surface area contributed by atoms with Crippen LogP contribution in [0, 0.1) is 11.2 Å². The quantitative estimate of drug-likeness (QED) is 0.835. The topological polar surface area (TPSA) is 18.5 Å². The Bertz CT molecular complexity index is 364. The molecule has 1 aliphatic heterocycles. The van der Waals surface area contributed by atoms with E-state index in [9.17, 15) is 4.39 Å². The van der Waals surface area contributed by atoms with Crippen molar-refractivity contribution in [1.82, 2.24) is 0 Å².